The van der Waals surface area contributed by atoms with Crippen molar-refractivity contribution in [2.45, 2.75) is 40.2 Å². The van der Waals surface area contributed by atoms with Crippen LogP contribution < -0.4 is 5.32 Å². The van der Waals surface area contributed by atoms with Gasteiger partial charge in [0, 0.05) is 31.1 Å². The fourth-order valence-electron chi connectivity index (χ4n) is 3.35. The highest BCUT2D eigenvalue weighted by molar-refractivity contribution is 5.84. The zero-order valence-electron chi connectivity index (χ0n) is 15.3. The lowest BCUT2D eigenvalue weighted by Crippen LogP contribution is -2.23. The molecule has 0 unspecified atom stereocenters. The summed E-state index contributed by atoms with van der Waals surface area (Å²) in [5.74, 6) is 0.0608. The van der Waals surface area contributed by atoms with Gasteiger partial charge in [0.15, 0.2) is 5.65 Å². The van der Waals surface area contributed by atoms with Gasteiger partial charge in [-0.15, -0.1) is 0 Å². The van der Waals surface area contributed by atoms with Crippen molar-refractivity contribution in [3.05, 3.63) is 58.4 Å². The standard InChI is InChI=1S/C20H24N4O/c1-13-17(14(2)22-20-19(13)15(3)23-24(20)4)10-11-18(25)21-12-16-8-6-5-7-9-16/h5-9H,10-12H2,1-4H3,(H,21,25). The zero-order chi connectivity index (χ0) is 18.0. The summed E-state index contributed by atoms with van der Waals surface area (Å²) in [7, 11) is 1.91. The van der Waals surface area contributed by atoms with Crippen LogP contribution in [0.3, 0.4) is 0 Å². The Hall–Kier alpha value is -2.69. The number of pyridine rings is 1. The van der Waals surface area contributed by atoms with E-state index in [2.05, 4.69) is 17.3 Å². The predicted molar refractivity (Wildman–Crippen MR) is 99.3 cm³/mol. The maximum atomic E-state index is 12.2. The minimum Gasteiger partial charge on any atom is -0.352 e. The Morgan fingerprint density at radius 2 is 1.84 bits per heavy atom. The van der Waals surface area contributed by atoms with Crippen LogP contribution in [0, 0.1) is 20.8 Å². The maximum Gasteiger partial charge on any atom is 0.220 e. The third kappa shape index (κ3) is 3.55. The number of carbonyl (C=O) groups is 1. The first-order valence-electron chi connectivity index (χ1n) is 8.57. The van der Waals surface area contributed by atoms with Gasteiger partial charge in [-0.3, -0.25) is 9.48 Å². The predicted octanol–water partition coefficient (Wildman–Crippen LogP) is 3.14. The largest absolute Gasteiger partial charge is 0.352 e. The topological polar surface area (TPSA) is 59.8 Å². The van der Waals surface area contributed by atoms with E-state index in [4.69, 9.17) is 4.98 Å². The van der Waals surface area contributed by atoms with Gasteiger partial charge in [-0.05, 0) is 43.9 Å². The van der Waals surface area contributed by atoms with Gasteiger partial charge in [-0.2, -0.15) is 5.10 Å². The minimum absolute atomic E-state index is 0.0608. The number of hydrogen-bond donors (Lipinski definition) is 1. The van der Waals surface area contributed by atoms with E-state index in [-0.39, 0.29) is 5.91 Å². The summed E-state index contributed by atoms with van der Waals surface area (Å²) in [5.41, 5.74) is 6.31. The summed E-state index contributed by atoms with van der Waals surface area (Å²) in [5, 5.41) is 8.56. The Morgan fingerprint density at radius 1 is 1.12 bits per heavy atom. The quantitative estimate of drug-likeness (QED) is 0.779. The Kier molecular flexibility index (Phi) is 4.83. The van der Waals surface area contributed by atoms with Crippen molar-refractivity contribution in [1.82, 2.24) is 20.1 Å². The smallest absolute Gasteiger partial charge is 0.220 e. The lowest BCUT2D eigenvalue weighted by molar-refractivity contribution is -0.121. The Bertz CT molecular complexity index is 913. The monoisotopic (exact) mass is 336 g/mol. The SMILES string of the molecule is Cc1nc2c(c(C)nn2C)c(C)c1CCC(=O)NCc1ccccc1. The molecule has 3 aromatic rings. The summed E-state index contributed by atoms with van der Waals surface area (Å²) >= 11 is 0. The molecule has 0 saturated heterocycles. The first-order valence-corrected chi connectivity index (χ1v) is 8.57. The van der Waals surface area contributed by atoms with E-state index < -0.39 is 0 Å². The van der Waals surface area contributed by atoms with Gasteiger partial charge in [-0.1, -0.05) is 30.3 Å². The lowest BCUT2D eigenvalue weighted by atomic mass is 9.99. The first-order chi connectivity index (χ1) is 12.0. The minimum atomic E-state index is 0.0608. The molecule has 0 fully saturated rings. The molecule has 0 atom stereocenters. The highest BCUT2D eigenvalue weighted by Gasteiger charge is 2.16. The highest BCUT2D eigenvalue weighted by atomic mass is 16.1. The zero-order valence-corrected chi connectivity index (χ0v) is 15.3. The van der Waals surface area contributed by atoms with Gasteiger partial charge in [0.25, 0.3) is 0 Å². The number of carbonyl (C=O) groups excluding carboxylic acids is 1. The number of benzene rings is 1. The van der Waals surface area contributed by atoms with Crippen LogP contribution >= 0.6 is 0 Å². The van der Waals surface area contributed by atoms with Crippen molar-refractivity contribution >= 4 is 16.9 Å². The molecule has 0 aliphatic heterocycles. The summed E-state index contributed by atoms with van der Waals surface area (Å²) < 4.78 is 1.82. The van der Waals surface area contributed by atoms with Gasteiger partial charge >= 0.3 is 0 Å². The summed E-state index contributed by atoms with van der Waals surface area (Å²) in [6, 6.07) is 9.95. The van der Waals surface area contributed by atoms with E-state index in [9.17, 15) is 4.79 Å². The van der Waals surface area contributed by atoms with Gasteiger partial charge in [0.2, 0.25) is 5.91 Å². The molecule has 1 aromatic carbocycles. The van der Waals surface area contributed by atoms with E-state index in [1.807, 2.05) is 55.9 Å². The third-order valence-corrected chi connectivity index (χ3v) is 4.66. The van der Waals surface area contributed by atoms with Crippen LogP contribution in [0.15, 0.2) is 30.3 Å². The average molecular weight is 336 g/mol. The van der Waals surface area contributed by atoms with Crippen molar-refractivity contribution < 1.29 is 4.79 Å². The van der Waals surface area contributed by atoms with Crippen LogP contribution in [0.4, 0.5) is 0 Å². The molecule has 130 valence electrons. The molecule has 0 aliphatic carbocycles. The van der Waals surface area contributed by atoms with Crippen molar-refractivity contribution in [2.75, 3.05) is 0 Å². The van der Waals surface area contributed by atoms with Gasteiger partial charge in [0.1, 0.15) is 0 Å². The van der Waals surface area contributed by atoms with E-state index in [0.717, 1.165) is 33.5 Å². The van der Waals surface area contributed by atoms with Crippen molar-refractivity contribution in [3.63, 3.8) is 0 Å². The molecular weight excluding hydrogens is 312 g/mol. The van der Waals surface area contributed by atoms with E-state index >= 15 is 0 Å². The highest BCUT2D eigenvalue weighted by Crippen LogP contribution is 2.25. The van der Waals surface area contributed by atoms with E-state index in [1.165, 1.54) is 5.56 Å². The van der Waals surface area contributed by atoms with Crippen molar-refractivity contribution in [1.29, 1.82) is 0 Å². The molecule has 5 heteroatoms. The molecule has 2 heterocycles. The molecule has 25 heavy (non-hydrogen) atoms. The Morgan fingerprint density at radius 3 is 2.56 bits per heavy atom. The number of hydrogen-bond acceptors (Lipinski definition) is 3. The molecule has 5 nitrogen and oxygen atoms in total. The van der Waals surface area contributed by atoms with Crippen LogP contribution in [-0.4, -0.2) is 20.7 Å². The molecule has 0 radical (unpaired) electrons. The molecule has 1 N–H and O–H groups in total. The van der Waals surface area contributed by atoms with Crippen molar-refractivity contribution in [2.24, 2.45) is 7.05 Å². The van der Waals surface area contributed by atoms with Gasteiger partial charge in [-0.25, -0.2) is 4.98 Å². The van der Waals surface area contributed by atoms with Crippen LogP contribution in [0.2, 0.25) is 0 Å². The summed E-state index contributed by atoms with van der Waals surface area (Å²) in [6.45, 7) is 6.67. The third-order valence-electron chi connectivity index (χ3n) is 4.66. The maximum absolute atomic E-state index is 12.2. The number of aryl methyl sites for hydroxylation is 4. The summed E-state index contributed by atoms with van der Waals surface area (Å²) in [6.07, 6.45) is 1.15. The lowest BCUT2D eigenvalue weighted by Gasteiger charge is -2.11. The second-order valence-electron chi connectivity index (χ2n) is 6.47. The fraction of sp³-hybridized carbons (Fsp3) is 0.350. The molecule has 0 aliphatic rings. The number of rotatable bonds is 5. The molecule has 0 spiro atoms. The Labute approximate surface area is 148 Å². The number of aromatic nitrogens is 3. The molecule has 2 aromatic heterocycles. The molecule has 0 saturated carbocycles. The van der Waals surface area contributed by atoms with Crippen molar-refractivity contribution in [3.8, 4) is 0 Å². The number of fused-ring (bicyclic) bond motifs is 1. The number of nitrogens with one attached hydrogen (secondary N) is 1. The molecule has 1 amide bonds. The Balaban J connectivity index is 1.70. The molecule has 0 bridgehead atoms. The average Bonchev–Trinajstić information content (AvgIpc) is 2.87. The van der Waals surface area contributed by atoms with Gasteiger partial charge in [0.05, 0.1) is 5.69 Å². The number of amides is 1. The normalized spacial score (nSPS) is 11.0. The van der Waals surface area contributed by atoms with Crippen LogP contribution in [0.25, 0.3) is 11.0 Å². The van der Waals surface area contributed by atoms with Crippen LogP contribution in [0.5, 0.6) is 0 Å². The second-order valence-corrected chi connectivity index (χ2v) is 6.47. The summed E-state index contributed by atoms with van der Waals surface area (Å²) in [4.78, 5) is 16.9. The van der Waals surface area contributed by atoms with E-state index in [1.54, 1.807) is 0 Å². The fourth-order valence-corrected chi connectivity index (χ4v) is 3.35. The first kappa shape index (κ1) is 17.1. The van der Waals surface area contributed by atoms with Crippen LogP contribution in [-0.2, 0) is 24.8 Å². The second kappa shape index (κ2) is 7.05. The molecular formula is C20H24N4O. The van der Waals surface area contributed by atoms with E-state index in [0.29, 0.717) is 19.4 Å². The number of nitrogens with zero attached hydrogens (tertiary/aromatic N) is 3. The van der Waals surface area contributed by atoms with Crippen LogP contribution in [0.1, 0.15) is 34.5 Å². The molecule has 3 rings (SSSR count). The van der Waals surface area contributed by atoms with Gasteiger partial charge < -0.3 is 5.32 Å².